The minimum Gasteiger partial charge on any atom is -0.211 e. The predicted molar refractivity (Wildman–Crippen MR) is 55.8 cm³/mol. The Kier molecular flexibility index (Phi) is 4.24. The van der Waals surface area contributed by atoms with Gasteiger partial charge in [0.1, 0.15) is 0 Å². The molecule has 0 amide bonds. The molecule has 0 aromatic heterocycles. The van der Waals surface area contributed by atoms with E-state index in [0.29, 0.717) is 0 Å². The van der Waals surface area contributed by atoms with E-state index in [1.807, 2.05) is 0 Å². The Balaban J connectivity index is 3.55. The Morgan fingerprint density at radius 1 is 0.600 bits per heavy atom. The molecule has 0 heterocycles. The molecule has 0 saturated carbocycles. The van der Waals surface area contributed by atoms with Gasteiger partial charge in [-0.05, 0) is 0 Å². The van der Waals surface area contributed by atoms with Gasteiger partial charge >= 0.3 is 22.6 Å². The summed E-state index contributed by atoms with van der Waals surface area (Å²) in [4.78, 5) is 0. The third-order valence-electron chi connectivity index (χ3n) is 2.32. The van der Waals surface area contributed by atoms with Crippen LogP contribution in [-0.2, 0) is 10.3 Å². The molecule has 0 bridgehead atoms. The highest BCUT2D eigenvalue weighted by Crippen LogP contribution is 2.53. The fourth-order valence-corrected chi connectivity index (χ4v) is 1.67. The average Bonchev–Trinajstić information content (AvgIpc) is 2.26. The summed E-state index contributed by atoms with van der Waals surface area (Å²) in [6.07, 6.45) is -11.5. The molecule has 0 aliphatic rings. The number of benzene rings is 1. The molecule has 2 unspecified atom stereocenters. The topological polar surface area (TPSA) is 0 Å². The van der Waals surface area contributed by atoms with Crippen molar-refractivity contribution in [3.8, 4) is 0 Å². The maximum Gasteiger partial charge on any atom is 0.441 e. The summed E-state index contributed by atoms with van der Waals surface area (Å²) in [5.41, 5.74) is -3.52. The summed E-state index contributed by atoms with van der Waals surface area (Å²) in [6.45, 7) is 0. The van der Waals surface area contributed by atoms with Gasteiger partial charge in [0.25, 0.3) is 0 Å². The van der Waals surface area contributed by atoms with Crippen LogP contribution in [-0.4, -0.2) is 12.4 Å². The summed E-state index contributed by atoms with van der Waals surface area (Å²) < 4.78 is 102. The zero-order chi connectivity index (χ0) is 16.0. The standard InChI is InChI=1S/C10H4Cl2F8/c11-7(13,9(15,16)17)5-3-1-2-4-6(5)8(12,14)10(18,19)20/h1-4H. The molecule has 0 fully saturated rings. The first-order chi connectivity index (χ1) is 8.73. The highest BCUT2D eigenvalue weighted by molar-refractivity contribution is 6.25. The minimum atomic E-state index is -5.76. The van der Waals surface area contributed by atoms with Gasteiger partial charge < -0.3 is 0 Å². The summed E-state index contributed by atoms with van der Waals surface area (Å²) in [5, 5.41) is -9.41. The fraction of sp³-hybridized carbons (Fsp3) is 0.400. The Hall–Kier alpha value is -0.760. The van der Waals surface area contributed by atoms with Crippen molar-refractivity contribution in [2.24, 2.45) is 0 Å². The number of hydrogen-bond acceptors (Lipinski definition) is 0. The lowest BCUT2D eigenvalue weighted by Crippen LogP contribution is -2.39. The molecule has 0 nitrogen and oxygen atoms in total. The van der Waals surface area contributed by atoms with Gasteiger partial charge in [0, 0.05) is 11.1 Å². The second kappa shape index (κ2) is 4.91. The molecule has 20 heavy (non-hydrogen) atoms. The number of alkyl halides is 10. The van der Waals surface area contributed by atoms with Gasteiger partial charge in [0.2, 0.25) is 0 Å². The lowest BCUT2D eigenvalue weighted by molar-refractivity contribution is -0.210. The van der Waals surface area contributed by atoms with E-state index in [-0.39, 0.29) is 12.1 Å². The minimum absolute atomic E-state index is 0.276. The molecule has 2 atom stereocenters. The molecule has 1 rings (SSSR count). The van der Waals surface area contributed by atoms with Crippen LogP contribution in [0.15, 0.2) is 24.3 Å². The fourth-order valence-electron chi connectivity index (χ4n) is 1.34. The SMILES string of the molecule is FC(F)(F)C(F)(Cl)c1ccccc1C(F)(Cl)C(F)(F)F. The second-order valence-corrected chi connectivity index (χ2v) is 4.73. The van der Waals surface area contributed by atoms with Crippen molar-refractivity contribution >= 4 is 23.2 Å². The van der Waals surface area contributed by atoms with Crippen molar-refractivity contribution in [2.75, 3.05) is 0 Å². The Morgan fingerprint density at radius 2 is 0.850 bits per heavy atom. The van der Waals surface area contributed by atoms with E-state index in [0.717, 1.165) is 12.1 Å². The molecule has 0 radical (unpaired) electrons. The first-order valence-corrected chi connectivity index (χ1v) is 5.47. The molecule has 0 saturated heterocycles. The smallest absolute Gasteiger partial charge is 0.211 e. The normalized spacial score (nSPS) is 19.3. The molecule has 1 aromatic rings. The van der Waals surface area contributed by atoms with Crippen LogP contribution in [0.2, 0.25) is 0 Å². The van der Waals surface area contributed by atoms with Gasteiger partial charge in [0.05, 0.1) is 0 Å². The third kappa shape index (κ3) is 2.81. The molecular formula is C10H4Cl2F8. The van der Waals surface area contributed by atoms with Crippen molar-refractivity contribution in [1.82, 2.24) is 0 Å². The van der Waals surface area contributed by atoms with Gasteiger partial charge in [-0.15, -0.1) is 0 Å². The predicted octanol–water partition coefficient (Wildman–Crippen LogP) is 5.53. The molecule has 0 N–H and O–H groups in total. The van der Waals surface area contributed by atoms with Crippen LogP contribution < -0.4 is 0 Å². The number of rotatable bonds is 2. The van der Waals surface area contributed by atoms with Gasteiger partial charge in [-0.1, -0.05) is 47.5 Å². The molecule has 0 aliphatic carbocycles. The van der Waals surface area contributed by atoms with Crippen LogP contribution in [0.3, 0.4) is 0 Å². The van der Waals surface area contributed by atoms with Gasteiger partial charge in [-0.2, -0.15) is 26.3 Å². The van der Waals surface area contributed by atoms with Crippen LogP contribution in [0, 0.1) is 0 Å². The van der Waals surface area contributed by atoms with E-state index in [4.69, 9.17) is 0 Å². The van der Waals surface area contributed by atoms with Crippen molar-refractivity contribution < 1.29 is 35.1 Å². The average molecular weight is 347 g/mol. The quantitative estimate of drug-likeness (QED) is 0.487. The maximum absolute atomic E-state index is 13.6. The highest BCUT2D eigenvalue weighted by Gasteiger charge is 2.63. The first-order valence-electron chi connectivity index (χ1n) is 4.72. The third-order valence-corrected chi connectivity index (χ3v) is 3.15. The highest BCUT2D eigenvalue weighted by atomic mass is 35.5. The van der Waals surface area contributed by atoms with Crippen LogP contribution in [0.25, 0.3) is 0 Å². The number of halogens is 10. The molecule has 0 spiro atoms. The van der Waals surface area contributed by atoms with Crippen LogP contribution >= 0.6 is 23.2 Å². The summed E-state index contributed by atoms with van der Waals surface area (Å²) in [5.74, 6) is 0. The maximum atomic E-state index is 13.6. The first kappa shape index (κ1) is 17.3. The van der Waals surface area contributed by atoms with Crippen LogP contribution in [0.5, 0.6) is 0 Å². The van der Waals surface area contributed by atoms with E-state index in [2.05, 4.69) is 23.2 Å². The van der Waals surface area contributed by atoms with Crippen molar-refractivity contribution in [3.63, 3.8) is 0 Å². The molecule has 0 aliphatic heterocycles. The van der Waals surface area contributed by atoms with E-state index >= 15 is 0 Å². The lowest BCUT2D eigenvalue weighted by atomic mass is 9.98. The van der Waals surface area contributed by atoms with Crippen molar-refractivity contribution in [2.45, 2.75) is 22.6 Å². The Labute approximate surface area is 117 Å². The second-order valence-electron chi connectivity index (χ2n) is 3.69. The lowest BCUT2D eigenvalue weighted by Gasteiger charge is -2.29. The summed E-state index contributed by atoms with van der Waals surface area (Å²) in [7, 11) is 0. The van der Waals surface area contributed by atoms with E-state index < -0.39 is 33.7 Å². The summed E-state index contributed by atoms with van der Waals surface area (Å²) in [6, 6.07) is 2.09. The van der Waals surface area contributed by atoms with E-state index in [1.165, 1.54) is 0 Å². The number of hydrogen-bond donors (Lipinski definition) is 0. The van der Waals surface area contributed by atoms with E-state index in [1.54, 1.807) is 0 Å². The monoisotopic (exact) mass is 346 g/mol. The largest absolute Gasteiger partial charge is 0.441 e. The van der Waals surface area contributed by atoms with Gasteiger partial charge in [-0.3, -0.25) is 0 Å². The Bertz CT molecular complexity index is 444. The van der Waals surface area contributed by atoms with Gasteiger partial charge in [0.15, 0.2) is 0 Å². The van der Waals surface area contributed by atoms with Crippen LogP contribution in [0.4, 0.5) is 35.1 Å². The molecule has 10 heteroatoms. The zero-order valence-electron chi connectivity index (χ0n) is 9.09. The van der Waals surface area contributed by atoms with Crippen molar-refractivity contribution in [3.05, 3.63) is 35.4 Å². The summed E-state index contributed by atoms with van der Waals surface area (Å²) >= 11 is 9.23. The van der Waals surface area contributed by atoms with Gasteiger partial charge in [-0.25, -0.2) is 8.78 Å². The zero-order valence-corrected chi connectivity index (χ0v) is 10.6. The van der Waals surface area contributed by atoms with Crippen molar-refractivity contribution in [1.29, 1.82) is 0 Å². The molecular weight excluding hydrogens is 343 g/mol. The Morgan fingerprint density at radius 3 is 1.05 bits per heavy atom. The molecule has 1 aromatic carbocycles. The molecule has 114 valence electrons. The van der Waals surface area contributed by atoms with Crippen LogP contribution in [0.1, 0.15) is 11.1 Å². The van der Waals surface area contributed by atoms with E-state index in [9.17, 15) is 35.1 Å².